The lowest BCUT2D eigenvalue weighted by atomic mass is 9.72. The number of alkyl halides is 5. The van der Waals surface area contributed by atoms with Gasteiger partial charge in [0.25, 0.3) is 0 Å². The summed E-state index contributed by atoms with van der Waals surface area (Å²) in [7, 11) is -1.39. The number of hydrogen-bond acceptors (Lipinski definition) is 6. The van der Waals surface area contributed by atoms with Gasteiger partial charge in [0.2, 0.25) is 0 Å². The van der Waals surface area contributed by atoms with Gasteiger partial charge in [-0.2, -0.15) is 22.0 Å². The normalized spacial score (nSPS) is 17.8. The number of hydrogen-bond donors (Lipinski definition) is 2. The van der Waals surface area contributed by atoms with E-state index >= 15 is 0 Å². The Balaban J connectivity index is 1.27. The lowest BCUT2D eigenvalue weighted by Gasteiger charge is -2.43. The van der Waals surface area contributed by atoms with Gasteiger partial charge in [-0.3, -0.25) is 4.21 Å². The first-order valence-electron chi connectivity index (χ1n) is 18.0. The van der Waals surface area contributed by atoms with Crippen molar-refractivity contribution in [1.82, 2.24) is 0 Å². The monoisotopic (exact) mass is 798 g/mol. The van der Waals surface area contributed by atoms with Crippen LogP contribution in [0.2, 0.25) is 0 Å². The second kappa shape index (κ2) is 19.8. The van der Waals surface area contributed by atoms with Gasteiger partial charge >= 0.3 is 24.0 Å². The molecule has 0 radical (unpaired) electrons. The lowest BCUT2D eigenvalue weighted by molar-refractivity contribution is -0.284. The van der Waals surface area contributed by atoms with Crippen LogP contribution in [-0.4, -0.2) is 63.2 Å². The molecule has 3 unspecified atom stereocenters. The summed E-state index contributed by atoms with van der Waals surface area (Å²) in [6.07, 6.45) is 0.878. The number of carboxylic acids is 2. The Hall–Kier alpha value is -3.65. The van der Waals surface area contributed by atoms with Gasteiger partial charge in [0.15, 0.2) is 13.2 Å². The smallest absolute Gasteiger partial charge is 0.453 e. The minimum Gasteiger partial charge on any atom is -0.482 e. The summed E-state index contributed by atoms with van der Waals surface area (Å²) < 4.78 is 85.6. The first kappa shape index (κ1) is 43.1. The van der Waals surface area contributed by atoms with E-state index in [-0.39, 0.29) is 16.4 Å². The van der Waals surface area contributed by atoms with E-state index in [0.29, 0.717) is 30.1 Å². The number of ether oxygens (including phenoxy) is 2. The minimum absolute atomic E-state index is 0.00359. The molecule has 3 aromatic carbocycles. The second-order valence-corrected chi connectivity index (χ2v) is 16.7. The molecule has 0 fully saturated rings. The van der Waals surface area contributed by atoms with Crippen LogP contribution in [0.25, 0.3) is 0 Å². The highest BCUT2D eigenvalue weighted by atomic mass is 32.2. The van der Waals surface area contributed by atoms with E-state index in [1.165, 1.54) is 5.56 Å². The third-order valence-corrected chi connectivity index (χ3v) is 12.7. The topological polar surface area (TPSA) is 110 Å². The molecule has 0 saturated carbocycles. The standard InChI is InChI=1S/C40H47F5O7S2/c1-38(31-16-19-32(20-17-31)51-26-35(46)47)25-30-15-18-33(52-27-36(48)49)24-34(30)53-37(38)29-13-11-28(12-14-29)10-7-5-3-2-4-6-8-22-54(50)23-9-21-39(41,42)40(43,44)45/h11-20,24,37H,2-10,21-23,25-27H2,1H3,(H,46,47)(H,48,49). The number of halogens is 5. The molecule has 0 aromatic heterocycles. The van der Waals surface area contributed by atoms with Crippen molar-refractivity contribution in [3.05, 3.63) is 89.0 Å². The SMILES string of the molecule is CC1(c2ccc(OCC(=O)O)cc2)Cc2ccc(OCC(=O)O)cc2SC1c1ccc(CCCCCCCCCS(=O)CCCC(F)(F)C(F)(F)F)cc1. The van der Waals surface area contributed by atoms with Crippen LogP contribution in [0.1, 0.15) is 92.2 Å². The Kier molecular flexibility index (Phi) is 15.8. The fourth-order valence-electron chi connectivity index (χ4n) is 6.57. The maximum Gasteiger partial charge on any atom is 0.453 e. The largest absolute Gasteiger partial charge is 0.482 e. The summed E-state index contributed by atoms with van der Waals surface area (Å²) in [6.45, 7) is 1.36. The third kappa shape index (κ3) is 12.7. The molecule has 4 rings (SSSR count). The highest BCUT2D eigenvalue weighted by Gasteiger charge is 2.56. The van der Waals surface area contributed by atoms with Gasteiger partial charge in [0.1, 0.15) is 11.5 Å². The van der Waals surface area contributed by atoms with Gasteiger partial charge in [-0.25, -0.2) is 9.59 Å². The Bertz CT molecular complexity index is 1700. The van der Waals surface area contributed by atoms with Crippen molar-refractivity contribution in [3.63, 3.8) is 0 Å². The van der Waals surface area contributed by atoms with E-state index in [1.54, 1.807) is 30.0 Å². The number of rotatable bonds is 22. The second-order valence-electron chi connectivity index (χ2n) is 13.9. The van der Waals surface area contributed by atoms with Crippen LogP contribution < -0.4 is 9.47 Å². The van der Waals surface area contributed by atoms with Crippen LogP contribution in [0.3, 0.4) is 0 Å². The molecule has 0 bridgehead atoms. The molecule has 0 spiro atoms. The zero-order chi connectivity index (χ0) is 39.4. The highest BCUT2D eigenvalue weighted by Crippen LogP contribution is 2.56. The van der Waals surface area contributed by atoms with Gasteiger partial charge in [-0.1, -0.05) is 81.5 Å². The number of carboxylic acid groups (broad SMARTS) is 2. The number of benzene rings is 3. The van der Waals surface area contributed by atoms with Crippen molar-refractivity contribution in [3.8, 4) is 11.5 Å². The van der Waals surface area contributed by atoms with E-state index in [0.717, 1.165) is 66.5 Å². The van der Waals surface area contributed by atoms with Crippen LogP contribution >= 0.6 is 11.8 Å². The summed E-state index contributed by atoms with van der Waals surface area (Å²) in [5.41, 5.74) is 4.20. The number of aliphatic carboxylic acids is 2. The molecular weight excluding hydrogens is 752 g/mol. The van der Waals surface area contributed by atoms with Crippen LogP contribution in [-0.2, 0) is 38.6 Å². The highest BCUT2D eigenvalue weighted by molar-refractivity contribution is 7.99. The Morgan fingerprint density at radius 2 is 1.33 bits per heavy atom. The third-order valence-electron chi connectivity index (χ3n) is 9.56. The maximum absolute atomic E-state index is 13.0. The predicted molar refractivity (Wildman–Crippen MR) is 199 cm³/mol. The Morgan fingerprint density at radius 1 is 0.778 bits per heavy atom. The van der Waals surface area contributed by atoms with Crippen LogP contribution in [0, 0.1) is 0 Å². The summed E-state index contributed by atoms with van der Waals surface area (Å²) in [6, 6.07) is 21.8. The number of carbonyl (C=O) groups is 2. The van der Waals surface area contributed by atoms with Crippen molar-refractivity contribution in [1.29, 1.82) is 0 Å². The van der Waals surface area contributed by atoms with E-state index < -0.39 is 60.9 Å². The first-order valence-corrected chi connectivity index (χ1v) is 20.4. The molecule has 1 aliphatic heterocycles. The van der Waals surface area contributed by atoms with Crippen molar-refractivity contribution >= 4 is 34.5 Å². The van der Waals surface area contributed by atoms with Crippen LogP contribution in [0.5, 0.6) is 11.5 Å². The average Bonchev–Trinajstić information content (AvgIpc) is 3.12. The predicted octanol–water partition coefficient (Wildman–Crippen LogP) is 9.96. The van der Waals surface area contributed by atoms with Crippen molar-refractivity contribution in [2.45, 2.75) is 105 Å². The molecule has 14 heteroatoms. The minimum atomic E-state index is -5.57. The average molecular weight is 799 g/mol. The number of aryl methyl sites for hydroxylation is 1. The van der Waals surface area contributed by atoms with Gasteiger partial charge < -0.3 is 19.7 Å². The summed E-state index contributed by atoms with van der Waals surface area (Å²) in [5, 5.41) is 18.1. The molecule has 7 nitrogen and oxygen atoms in total. The first-order chi connectivity index (χ1) is 25.6. The van der Waals surface area contributed by atoms with E-state index in [2.05, 4.69) is 31.2 Å². The van der Waals surface area contributed by atoms with E-state index in [1.807, 2.05) is 24.3 Å². The van der Waals surface area contributed by atoms with E-state index in [9.17, 15) is 35.8 Å². The quantitative estimate of drug-likeness (QED) is 0.0764. The molecule has 2 N–H and O–H groups in total. The van der Waals surface area contributed by atoms with E-state index in [4.69, 9.17) is 19.7 Å². The van der Waals surface area contributed by atoms with Gasteiger partial charge in [0.05, 0.1) is 0 Å². The molecule has 54 heavy (non-hydrogen) atoms. The summed E-state index contributed by atoms with van der Waals surface area (Å²) in [5.74, 6) is -5.70. The Morgan fingerprint density at radius 3 is 1.94 bits per heavy atom. The van der Waals surface area contributed by atoms with Gasteiger partial charge in [-0.05, 0) is 78.6 Å². The van der Waals surface area contributed by atoms with Gasteiger partial charge in [-0.15, -0.1) is 11.8 Å². The van der Waals surface area contributed by atoms with Crippen molar-refractivity contribution in [2.24, 2.45) is 0 Å². The zero-order valence-electron chi connectivity index (χ0n) is 30.2. The molecule has 1 aliphatic rings. The van der Waals surface area contributed by atoms with Crippen molar-refractivity contribution in [2.75, 3.05) is 24.7 Å². The van der Waals surface area contributed by atoms with Crippen molar-refractivity contribution < 1.29 is 55.4 Å². The molecule has 3 atom stereocenters. The molecule has 296 valence electrons. The van der Waals surface area contributed by atoms with Gasteiger partial charge in [0, 0.05) is 44.3 Å². The summed E-state index contributed by atoms with van der Waals surface area (Å²) >= 11 is 1.71. The molecule has 0 amide bonds. The fraction of sp³-hybridized carbons (Fsp3) is 0.500. The molecule has 0 saturated heterocycles. The fourth-order valence-corrected chi connectivity index (χ4v) is 9.27. The number of fused-ring (bicyclic) bond motifs is 1. The molecule has 0 aliphatic carbocycles. The van der Waals surface area contributed by atoms with Crippen LogP contribution in [0.15, 0.2) is 71.6 Å². The molecular formula is C40H47F5O7S2. The molecule has 1 heterocycles. The number of unbranched alkanes of at least 4 members (excludes halogenated alkanes) is 6. The number of thioether (sulfide) groups is 1. The lowest BCUT2D eigenvalue weighted by Crippen LogP contribution is -2.36. The zero-order valence-corrected chi connectivity index (χ0v) is 31.8. The molecule has 3 aromatic rings. The summed E-state index contributed by atoms with van der Waals surface area (Å²) in [4.78, 5) is 23.1. The Labute approximate surface area is 319 Å². The maximum atomic E-state index is 13.0. The van der Waals surface area contributed by atoms with Crippen LogP contribution in [0.4, 0.5) is 22.0 Å².